The van der Waals surface area contributed by atoms with Gasteiger partial charge in [-0.25, -0.2) is 4.39 Å². The average molecular weight is 348 g/mol. The fraction of sp³-hybridized carbons (Fsp3) is 0.500. The van der Waals surface area contributed by atoms with Crippen molar-refractivity contribution in [3.05, 3.63) is 35.6 Å². The molecule has 2 aliphatic heterocycles. The molecule has 1 amide bonds. The molecule has 1 aromatic rings. The lowest BCUT2D eigenvalue weighted by molar-refractivity contribution is -0.147. The Hall–Kier alpha value is -2.44. The van der Waals surface area contributed by atoms with Crippen LogP contribution in [0.4, 0.5) is 4.39 Å². The molecule has 2 aliphatic rings. The van der Waals surface area contributed by atoms with Crippen LogP contribution in [0, 0.1) is 5.82 Å². The first-order valence-corrected chi connectivity index (χ1v) is 8.55. The molecule has 2 atom stereocenters. The van der Waals surface area contributed by atoms with Crippen LogP contribution in [0.15, 0.2) is 29.4 Å². The quantitative estimate of drug-likeness (QED) is 0.887. The van der Waals surface area contributed by atoms with E-state index in [4.69, 9.17) is 9.94 Å². The van der Waals surface area contributed by atoms with Gasteiger partial charge < -0.3 is 14.8 Å². The van der Waals surface area contributed by atoms with E-state index in [0.29, 0.717) is 30.7 Å². The van der Waals surface area contributed by atoms with Crippen LogP contribution in [0.2, 0.25) is 0 Å². The van der Waals surface area contributed by atoms with Crippen molar-refractivity contribution in [3.63, 3.8) is 0 Å². The van der Waals surface area contributed by atoms with Gasteiger partial charge in [-0.1, -0.05) is 17.3 Å². The summed E-state index contributed by atoms with van der Waals surface area (Å²) >= 11 is 0. The number of oxime groups is 1. The van der Waals surface area contributed by atoms with Crippen LogP contribution < -0.4 is 0 Å². The van der Waals surface area contributed by atoms with Gasteiger partial charge in [0.05, 0.1) is 5.71 Å². The lowest BCUT2D eigenvalue weighted by Crippen LogP contribution is -2.48. The smallest absolute Gasteiger partial charge is 0.303 e. The molecule has 0 saturated carbocycles. The van der Waals surface area contributed by atoms with Crippen molar-refractivity contribution in [2.24, 2.45) is 5.16 Å². The molecule has 0 radical (unpaired) electrons. The molecule has 0 aromatic heterocycles. The van der Waals surface area contributed by atoms with E-state index < -0.39 is 12.1 Å². The second-order valence-corrected chi connectivity index (χ2v) is 6.46. The summed E-state index contributed by atoms with van der Waals surface area (Å²) in [5.41, 5.74) is 1.16. The first kappa shape index (κ1) is 17.4. The highest BCUT2D eigenvalue weighted by atomic mass is 19.1. The second kappa shape index (κ2) is 7.63. The molecule has 0 spiro atoms. The van der Waals surface area contributed by atoms with E-state index in [1.807, 2.05) is 0 Å². The normalized spacial score (nSPS) is 23.1. The zero-order valence-corrected chi connectivity index (χ0v) is 13.9. The Balaban J connectivity index is 1.64. The maximum Gasteiger partial charge on any atom is 0.303 e. The number of carbonyl (C=O) groups excluding carboxylic acids is 1. The minimum Gasteiger partial charge on any atom is -0.481 e. The number of likely N-dealkylation sites (tertiary alicyclic amines) is 1. The molecule has 6 nitrogen and oxygen atoms in total. The number of hydrogen-bond acceptors (Lipinski definition) is 4. The predicted octanol–water partition coefficient (Wildman–Crippen LogP) is 2.56. The molecule has 1 saturated heterocycles. The van der Waals surface area contributed by atoms with Crippen LogP contribution in [0.25, 0.3) is 0 Å². The number of carbonyl (C=O) groups is 2. The van der Waals surface area contributed by atoms with E-state index in [-0.39, 0.29) is 24.2 Å². The molecule has 134 valence electrons. The van der Waals surface area contributed by atoms with E-state index in [1.165, 1.54) is 12.1 Å². The van der Waals surface area contributed by atoms with Gasteiger partial charge in [-0.15, -0.1) is 0 Å². The van der Waals surface area contributed by atoms with Crippen LogP contribution in [-0.4, -0.2) is 46.3 Å². The van der Waals surface area contributed by atoms with Crippen molar-refractivity contribution >= 4 is 17.6 Å². The number of hydrogen-bond donors (Lipinski definition) is 1. The highest BCUT2D eigenvalue weighted by Gasteiger charge is 2.36. The lowest BCUT2D eigenvalue weighted by atomic mass is 9.96. The first-order valence-electron chi connectivity index (χ1n) is 8.55. The fourth-order valence-corrected chi connectivity index (χ4v) is 3.41. The fourth-order valence-electron chi connectivity index (χ4n) is 3.41. The first-order chi connectivity index (χ1) is 12.0. The van der Waals surface area contributed by atoms with Crippen molar-refractivity contribution in [2.75, 3.05) is 6.54 Å². The SMILES string of the molecule is O=C(O)CCC1CCCCN1C(=O)C1CC(c2cccc(F)c2)=NO1. The van der Waals surface area contributed by atoms with Crippen LogP contribution in [-0.2, 0) is 14.4 Å². The second-order valence-electron chi connectivity index (χ2n) is 6.46. The lowest BCUT2D eigenvalue weighted by Gasteiger charge is -2.36. The third-order valence-corrected chi connectivity index (χ3v) is 4.70. The van der Waals surface area contributed by atoms with Crippen molar-refractivity contribution in [3.8, 4) is 0 Å². The summed E-state index contributed by atoms with van der Waals surface area (Å²) in [6.45, 7) is 0.609. The molecule has 3 rings (SSSR count). The largest absolute Gasteiger partial charge is 0.481 e. The number of piperidine rings is 1. The van der Waals surface area contributed by atoms with Crippen molar-refractivity contribution in [1.29, 1.82) is 0 Å². The molecule has 2 heterocycles. The predicted molar refractivity (Wildman–Crippen MR) is 88.6 cm³/mol. The molecule has 7 heteroatoms. The third-order valence-electron chi connectivity index (χ3n) is 4.70. The number of rotatable bonds is 5. The number of benzene rings is 1. The van der Waals surface area contributed by atoms with Crippen molar-refractivity contribution in [1.82, 2.24) is 4.90 Å². The minimum atomic E-state index is -0.855. The highest BCUT2D eigenvalue weighted by Crippen LogP contribution is 2.25. The Morgan fingerprint density at radius 3 is 2.96 bits per heavy atom. The number of amides is 1. The maximum atomic E-state index is 13.3. The Bertz CT molecular complexity index is 691. The molecule has 0 aliphatic carbocycles. The average Bonchev–Trinajstić information content (AvgIpc) is 3.10. The van der Waals surface area contributed by atoms with E-state index in [9.17, 15) is 14.0 Å². The zero-order chi connectivity index (χ0) is 17.8. The Morgan fingerprint density at radius 2 is 2.20 bits per heavy atom. The van der Waals surface area contributed by atoms with Gasteiger partial charge in [0.2, 0.25) is 6.10 Å². The third kappa shape index (κ3) is 4.15. The van der Waals surface area contributed by atoms with Crippen molar-refractivity contribution in [2.45, 2.75) is 50.7 Å². The molecule has 1 N–H and O–H groups in total. The standard InChI is InChI=1S/C18H21FN2O4/c19-13-5-3-4-12(10-13)15-11-16(25-20-15)18(24)21-9-2-1-6-14(21)7-8-17(22)23/h3-5,10,14,16H,1-2,6-9,11H2,(H,22,23). The van der Waals surface area contributed by atoms with Crippen LogP contribution in [0.1, 0.15) is 44.1 Å². The zero-order valence-electron chi connectivity index (χ0n) is 13.9. The van der Waals surface area contributed by atoms with E-state index in [2.05, 4.69) is 5.16 Å². The maximum absolute atomic E-state index is 13.3. The molecule has 0 bridgehead atoms. The number of nitrogens with zero attached hydrogens (tertiary/aromatic N) is 2. The summed E-state index contributed by atoms with van der Waals surface area (Å²) in [5.74, 6) is -1.38. The summed E-state index contributed by atoms with van der Waals surface area (Å²) in [4.78, 5) is 30.7. The number of carboxylic acid groups (broad SMARTS) is 1. The number of aliphatic carboxylic acids is 1. The van der Waals surface area contributed by atoms with Crippen molar-refractivity contribution < 1.29 is 23.9 Å². The molecule has 1 fully saturated rings. The van der Waals surface area contributed by atoms with Gasteiger partial charge in [0.1, 0.15) is 5.82 Å². The van der Waals surface area contributed by atoms with Gasteiger partial charge in [-0.3, -0.25) is 9.59 Å². The molecular formula is C18H21FN2O4. The Morgan fingerprint density at radius 1 is 1.36 bits per heavy atom. The summed E-state index contributed by atoms with van der Waals surface area (Å²) in [6, 6.07) is 5.97. The summed E-state index contributed by atoms with van der Waals surface area (Å²) < 4.78 is 13.3. The van der Waals surface area contributed by atoms with Gasteiger partial charge in [-0.2, -0.15) is 0 Å². The Kier molecular flexibility index (Phi) is 5.31. The van der Waals surface area contributed by atoms with E-state index in [1.54, 1.807) is 17.0 Å². The van der Waals surface area contributed by atoms with Crippen LogP contribution in [0.3, 0.4) is 0 Å². The van der Waals surface area contributed by atoms with Gasteiger partial charge >= 0.3 is 5.97 Å². The minimum absolute atomic E-state index is 0.0466. The Labute approximate surface area is 145 Å². The van der Waals surface area contributed by atoms with Gasteiger partial charge in [0, 0.05) is 31.0 Å². The number of halogens is 1. The van der Waals surface area contributed by atoms with Gasteiger partial charge in [0.25, 0.3) is 5.91 Å². The molecule has 2 unspecified atom stereocenters. The summed E-state index contributed by atoms with van der Waals surface area (Å²) in [6.07, 6.45) is 2.78. The summed E-state index contributed by atoms with van der Waals surface area (Å²) in [7, 11) is 0. The van der Waals surface area contributed by atoms with Gasteiger partial charge in [-0.05, 0) is 37.8 Å². The molecular weight excluding hydrogens is 327 g/mol. The molecule has 25 heavy (non-hydrogen) atoms. The van der Waals surface area contributed by atoms with E-state index in [0.717, 1.165) is 19.3 Å². The summed E-state index contributed by atoms with van der Waals surface area (Å²) in [5, 5.41) is 12.8. The number of carboxylic acids is 1. The highest BCUT2D eigenvalue weighted by molar-refractivity contribution is 6.04. The topological polar surface area (TPSA) is 79.2 Å². The van der Waals surface area contributed by atoms with Crippen LogP contribution >= 0.6 is 0 Å². The van der Waals surface area contributed by atoms with Crippen LogP contribution in [0.5, 0.6) is 0 Å². The molecule has 1 aromatic carbocycles. The van der Waals surface area contributed by atoms with E-state index >= 15 is 0 Å². The monoisotopic (exact) mass is 348 g/mol. The van der Waals surface area contributed by atoms with Gasteiger partial charge in [0.15, 0.2) is 0 Å².